The topological polar surface area (TPSA) is 63.1 Å². The zero-order chi connectivity index (χ0) is 21.7. The lowest BCUT2D eigenvalue weighted by Gasteiger charge is -2.36. The van der Waals surface area contributed by atoms with Crippen LogP contribution in [0, 0.1) is 0 Å². The van der Waals surface area contributed by atoms with Gasteiger partial charge in [-0.15, -0.1) is 0 Å². The van der Waals surface area contributed by atoms with Gasteiger partial charge in [0.1, 0.15) is 0 Å². The van der Waals surface area contributed by atoms with Crippen molar-refractivity contribution in [1.29, 1.82) is 0 Å². The maximum Gasteiger partial charge on any atom is 0.190 e. The lowest BCUT2D eigenvalue weighted by molar-refractivity contribution is 0.253. The summed E-state index contributed by atoms with van der Waals surface area (Å²) >= 11 is 0. The van der Waals surface area contributed by atoms with Gasteiger partial charge in [0.2, 0.25) is 0 Å². The predicted molar refractivity (Wildman–Crippen MR) is 130 cm³/mol. The summed E-state index contributed by atoms with van der Waals surface area (Å²) in [6.07, 6.45) is 2.29. The number of aliphatic hydroxyl groups is 1. The van der Waals surface area contributed by atoms with Crippen molar-refractivity contribution in [3.63, 3.8) is 0 Å². The molecule has 1 aliphatic heterocycles. The zero-order valence-corrected chi connectivity index (χ0v) is 18.7. The molecule has 1 aliphatic rings. The highest BCUT2D eigenvalue weighted by Gasteiger charge is 2.16. The Kier molecular flexibility index (Phi) is 9.67. The molecule has 0 aromatic heterocycles. The van der Waals surface area contributed by atoms with Gasteiger partial charge in [-0.2, -0.15) is 0 Å². The van der Waals surface area contributed by atoms with E-state index in [2.05, 4.69) is 67.9 Å². The van der Waals surface area contributed by atoms with Gasteiger partial charge >= 0.3 is 0 Å². The number of guanidine groups is 1. The van der Waals surface area contributed by atoms with Crippen LogP contribution in [0.4, 0.5) is 5.69 Å². The van der Waals surface area contributed by atoms with E-state index in [9.17, 15) is 5.11 Å². The highest BCUT2D eigenvalue weighted by molar-refractivity contribution is 5.79. The van der Waals surface area contributed by atoms with E-state index in [1.165, 1.54) is 12.1 Å². The molecule has 0 radical (unpaired) electrons. The normalized spacial score (nSPS) is 16.2. The van der Waals surface area contributed by atoms with Gasteiger partial charge in [-0.25, -0.2) is 0 Å². The van der Waals surface area contributed by atoms with Crippen LogP contribution in [0.3, 0.4) is 0 Å². The van der Waals surface area contributed by atoms with Gasteiger partial charge in [0.15, 0.2) is 5.96 Å². The van der Waals surface area contributed by atoms with E-state index in [-0.39, 0.29) is 12.5 Å². The molecule has 1 atom stereocenters. The Morgan fingerprint density at radius 3 is 2.26 bits per heavy atom. The van der Waals surface area contributed by atoms with Crippen LogP contribution >= 0.6 is 0 Å². The van der Waals surface area contributed by atoms with Gasteiger partial charge in [0, 0.05) is 57.9 Å². The maximum absolute atomic E-state index is 9.71. The highest BCUT2D eigenvalue weighted by atomic mass is 16.3. The fraction of sp³-hybridized carbons (Fsp3) is 0.480. The Balaban J connectivity index is 1.28. The average Bonchev–Trinajstić information content (AvgIpc) is 2.84. The molecular formula is C25H37N5O. The monoisotopic (exact) mass is 423 g/mol. The van der Waals surface area contributed by atoms with Crippen LogP contribution in [0.25, 0.3) is 0 Å². The van der Waals surface area contributed by atoms with Gasteiger partial charge in [0.05, 0.1) is 6.61 Å². The third-order valence-corrected chi connectivity index (χ3v) is 5.92. The molecule has 168 valence electrons. The second kappa shape index (κ2) is 13.0. The number of hydrogen-bond donors (Lipinski definition) is 3. The quantitative estimate of drug-likeness (QED) is 0.311. The van der Waals surface area contributed by atoms with E-state index in [1.54, 1.807) is 7.05 Å². The first-order chi connectivity index (χ1) is 15.3. The molecule has 1 unspecified atom stereocenters. The van der Waals surface area contributed by atoms with Crippen LogP contribution in [-0.4, -0.2) is 75.4 Å². The largest absolute Gasteiger partial charge is 0.396 e. The number of hydrogen-bond acceptors (Lipinski definition) is 4. The lowest BCUT2D eigenvalue weighted by atomic mass is 10.0. The Bertz CT molecular complexity index is 760. The van der Waals surface area contributed by atoms with Crippen LogP contribution in [-0.2, 0) is 0 Å². The fourth-order valence-electron chi connectivity index (χ4n) is 3.99. The van der Waals surface area contributed by atoms with Crippen molar-refractivity contribution < 1.29 is 5.11 Å². The molecule has 6 nitrogen and oxygen atoms in total. The Labute approximate surface area is 187 Å². The van der Waals surface area contributed by atoms with Gasteiger partial charge in [-0.1, -0.05) is 48.5 Å². The number of aliphatic hydroxyl groups excluding tert-OH is 1. The third-order valence-electron chi connectivity index (χ3n) is 5.92. The second-order valence-corrected chi connectivity index (χ2v) is 8.04. The summed E-state index contributed by atoms with van der Waals surface area (Å²) in [6, 6.07) is 20.8. The van der Waals surface area contributed by atoms with Crippen molar-refractivity contribution >= 4 is 11.6 Å². The maximum atomic E-state index is 9.71. The zero-order valence-electron chi connectivity index (χ0n) is 18.7. The first-order valence-corrected chi connectivity index (χ1v) is 11.4. The number of nitrogens with one attached hydrogen (secondary N) is 2. The summed E-state index contributed by atoms with van der Waals surface area (Å²) in [5.41, 5.74) is 2.47. The molecule has 31 heavy (non-hydrogen) atoms. The Morgan fingerprint density at radius 1 is 0.935 bits per heavy atom. The molecule has 6 heteroatoms. The van der Waals surface area contributed by atoms with Crippen molar-refractivity contribution in [2.75, 3.05) is 64.4 Å². The van der Waals surface area contributed by atoms with Crippen molar-refractivity contribution in [2.24, 2.45) is 4.99 Å². The number of aliphatic imine (C=N–C) groups is 1. The standard InChI is InChI=1S/C25H37N5O/c1-26-25(28-20-23(21-31)22-10-4-2-5-11-22)27-14-8-9-15-29-16-18-30(19-17-29)24-12-6-3-7-13-24/h2-7,10-13,23,31H,8-9,14-21H2,1H3,(H2,26,27,28). The molecule has 3 rings (SSSR count). The van der Waals surface area contributed by atoms with E-state index in [0.29, 0.717) is 6.54 Å². The minimum Gasteiger partial charge on any atom is -0.396 e. The summed E-state index contributed by atoms with van der Waals surface area (Å²) in [4.78, 5) is 9.35. The molecule has 0 aliphatic carbocycles. The highest BCUT2D eigenvalue weighted by Crippen LogP contribution is 2.16. The summed E-state index contributed by atoms with van der Waals surface area (Å²) in [5, 5.41) is 16.4. The Hall–Kier alpha value is -2.57. The molecule has 0 amide bonds. The van der Waals surface area contributed by atoms with Gasteiger partial charge < -0.3 is 20.6 Å². The molecule has 2 aromatic carbocycles. The van der Waals surface area contributed by atoms with E-state index < -0.39 is 0 Å². The first-order valence-electron chi connectivity index (χ1n) is 11.4. The molecule has 0 spiro atoms. The summed E-state index contributed by atoms with van der Waals surface area (Å²) < 4.78 is 0. The van der Waals surface area contributed by atoms with Crippen molar-refractivity contribution in [3.8, 4) is 0 Å². The molecule has 1 fully saturated rings. The van der Waals surface area contributed by atoms with E-state index >= 15 is 0 Å². The van der Waals surface area contributed by atoms with Crippen LogP contribution < -0.4 is 15.5 Å². The molecule has 2 aromatic rings. The lowest BCUT2D eigenvalue weighted by Crippen LogP contribution is -2.46. The van der Waals surface area contributed by atoms with Gasteiger partial charge in [-0.05, 0) is 37.1 Å². The SMILES string of the molecule is CN=C(NCCCCN1CCN(c2ccccc2)CC1)NCC(CO)c1ccccc1. The van der Waals surface area contributed by atoms with Crippen molar-refractivity contribution in [2.45, 2.75) is 18.8 Å². The molecule has 1 heterocycles. The number of anilines is 1. The van der Waals surface area contributed by atoms with Crippen LogP contribution in [0.5, 0.6) is 0 Å². The predicted octanol–water partition coefficient (Wildman–Crippen LogP) is 2.53. The minimum absolute atomic E-state index is 0.0642. The van der Waals surface area contributed by atoms with E-state index in [1.807, 2.05) is 18.2 Å². The number of piperazine rings is 1. The van der Waals surface area contributed by atoms with Crippen LogP contribution in [0.1, 0.15) is 24.3 Å². The van der Waals surface area contributed by atoms with E-state index in [0.717, 1.165) is 57.2 Å². The van der Waals surface area contributed by atoms with Gasteiger partial charge in [0.25, 0.3) is 0 Å². The smallest absolute Gasteiger partial charge is 0.190 e. The summed E-state index contributed by atoms with van der Waals surface area (Å²) in [6.45, 7) is 7.30. The number of nitrogens with zero attached hydrogens (tertiary/aromatic N) is 3. The first kappa shape index (κ1) is 23.1. The molecule has 1 saturated heterocycles. The second-order valence-electron chi connectivity index (χ2n) is 8.04. The number of benzene rings is 2. The number of unbranched alkanes of at least 4 members (excludes halogenated alkanes) is 1. The Morgan fingerprint density at radius 2 is 1.61 bits per heavy atom. The fourth-order valence-corrected chi connectivity index (χ4v) is 3.99. The molecule has 3 N–H and O–H groups in total. The summed E-state index contributed by atoms with van der Waals surface area (Å²) in [5.74, 6) is 0.861. The number of rotatable bonds is 10. The molecule has 0 bridgehead atoms. The van der Waals surface area contributed by atoms with Crippen LogP contribution in [0.15, 0.2) is 65.7 Å². The summed E-state index contributed by atoms with van der Waals surface area (Å²) in [7, 11) is 1.79. The van der Waals surface area contributed by atoms with Crippen molar-refractivity contribution in [1.82, 2.24) is 15.5 Å². The molecular weight excluding hydrogens is 386 g/mol. The van der Waals surface area contributed by atoms with E-state index in [4.69, 9.17) is 0 Å². The van der Waals surface area contributed by atoms with Crippen LogP contribution in [0.2, 0.25) is 0 Å². The molecule has 0 saturated carbocycles. The minimum atomic E-state index is 0.0642. The average molecular weight is 424 g/mol. The third kappa shape index (κ3) is 7.56. The number of para-hydroxylation sites is 1. The van der Waals surface area contributed by atoms with Gasteiger partial charge in [-0.3, -0.25) is 9.89 Å². The van der Waals surface area contributed by atoms with Crippen molar-refractivity contribution in [3.05, 3.63) is 66.2 Å².